The minimum absolute atomic E-state index is 0.356. The summed E-state index contributed by atoms with van der Waals surface area (Å²) in [6.45, 7) is 4.13. The quantitative estimate of drug-likeness (QED) is 0.373. The van der Waals surface area contributed by atoms with Crippen LogP contribution in [-0.4, -0.2) is 53.6 Å². The SMILES string of the molecule is O=C(C#CCN1CCOCC1)Nc1ccc2ncnc(Nc3ccc(OCc4ccccc4)cc3)c2c1. The minimum atomic E-state index is -0.356. The number of ether oxygens (including phenoxy) is 2. The van der Waals surface area contributed by atoms with Crippen molar-refractivity contribution < 1.29 is 14.3 Å². The molecule has 0 bridgehead atoms. The van der Waals surface area contributed by atoms with E-state index in [1.54, 1.807) is 6.07 Å². The number of hydrogen-bond donors (Lipinski definition) is 2. The first-order valence-electron chi connectivity index (χ1n) is 12.1. The van der Waals surface area contributed by atoms with Crippen molar-refractivity contribution in [1.82, 2.24) is 14.9 Å². The highest BCUT2D eigenvalue weighted by Crippen LogP contribution is 2.27. The lowest BCUT2D eigenvalue weighted by molar-refractivity contribution is -0.111. The number of aromatic nitrogens is 2. The number of nitrogens with zero attached hydrogens (tertiary/aromatic N) is 3. The third kappa shape index (κ3) is 6.82. The van der Waals surface area contributed by atoms with Gasteiger partial charge >= 0.3 is 0 Å². The number of hydrogen-bond acceptors (Lipinski definition) is 7. The molecule has 0 unspecified atom stereocenters. The van der Waals surface area contributed by atoms with E-state index in [2.05, 4.69) is 37.3 Å². The van der Waals surface area contributed by atoms with Gasteiger partial charge in [-0.3, -0.25) is 9.69 Å². The number of anilines is 3. The van der Waals surface area contributed by atoms with Gasteiger partial charge in [-0.1, -0.05) is 36.3 Å². The smallest absolute Gasteiger partial charge is 0.300 e. The number of amides is 1. The normalized spacial score (nSPS) is 13.4. The molecule has 5 rings (SSSR count). The van der Waals surface area contributed by atoms with Gasteiger partial charge in [0.2, 0.25) is 0 Å². The van der Waals surface area contributed by atoms with Gasteiger partial charge in [-0.25, -0.2) is 9.97 Å². The van der Waals surface area contributed by atoms with E-state index in [4.69, 9.17) is 9.47 Å². The van der Waals surface area contributed by atoms with Crippen LogP contribution in [0.1, 0.15) is 5.56 Å². The summed E-state index contributed by atoms with van der Waals surface area (Å²) < 4.78 is 11.2. The number of carbonyl (C=O) groups excluding carboxylic acids is 1. The summed E-state index contributed by atoms with van der Waals surface area (Å²) in [4.78, 5) is 23.3. The zero-order valence-electron chi connectivity index (χ0n) is 20.3. The van der Waals surface area contributed by atoms with Gasteiger partial charge in [0.25, 0.3) is 5.91 Å². The maximum atomic E-state index is 12.4. The molecule has 0 aliphatic carbocycles. The standard InChI is InChI=1S/C29H27N5O3/c35-28(7-4-14-34-15-17-36-18-16-34)32-24-10-13-27-26(19-24)29(31-21-30-27)33-23-8-11-25(12-9-23)37-20-22-5-2-1-3-6-22/h1-3,5-6,8-13,19,21H,14-18,20H2,(H,32,35)(H,30,31,33). The molecule has 0 saturated carbocycles. The molecule has 3 aromatic carbocycles. The molecule has 0 spiro atoms. The van der Waals surface area contributed by atoms with Gasteiger partial charge in [0.15, 0.2) is 0 Å². The molecular weight excluding hydrogens is 466 g/mol. The van der Waals surface area contributed by atoms with Gasteiger partial charge < -0.3 is 20.1 Å². The number of nitrogens with one attached hydrogen (secondary N) is 2. The molecule has 186 valence electrons. The van der Waals surface area contributed by atoms with Crippen molar-refractivity contribution in [2.24, 2.45) is 0 Å². The molecule has 8 heteroatoms. The highest BCUT2D eigenvalue weighted by Gasteiger charge is 2.09. The lowest BCUT2D eigenvalue weighted by atomic mass is 10.2. The van der Waals surface area contributed by atoms with Crippen LogP contribution in [0.15, 0.2) is 79.1 Å². The zero-order valence-corrected chi connectivity index (χ0v) is 20.3. The molecule has 1 aliphatic heterocycles. The maximum Gasteiger partial charge on any atom is 0.300 e. The average Bonchev–Trinajstić information content (AvgIpc) is 2.94. The van der Waals surface area contributed by atoms with Crippen LogP contribution < -0.4 is 15.4 Å². The highest BCUT2D eigenvalue weighted by atomic mass is 16.5. The van der Waals surface area contributed by atoms with Crippen LogP contribution in [0.5, 0.6) is 5.75 Å². The summed E-state index contributed by atoms with van der Waals surface area (Å²) in [5, 5.41) is 6.96. The minimum Gasteiger partial charge on any atom is -0.489 e. The molecule has 37 heavy (non-hydrogen) atoms. The molecule has 1 aromatic heterocycles. The fraction of sp³-hybridized carbons (Fsp3) is 0.207. The van der Waals surface area contributed by atoms with Gasteiger partial charge in [0.1, 0.15) is 24.5 Å². The summed E-state index contributed by atoms with van der Waals surface area (Å²) in [7, 11) is 0. The van der Waals surface area contributed by atoms with Crippen molar-refractivity contribution >= 4 is 34.0 Å². The van der Waals surface area contributed by atoms with Crippen LogP contribution in [0.2, 0.25) is 0 Å². The summed E-state index contributed by atoms with van der Waals surface area (Å²) in [6.07, 6.45) is 1.51. The molecular formula is C29H27N5O3. The van der Waals surface area contributed by atoms with E-state index in [1.165, 1.54) is 6.33 Å². The predicted octanol–water partition coefficient (Wildman–Crippen LogP) is 4.23. The summed E-state index contributed by atoms with van der Waals surface area (Å²) in [6, 6.07) is 23.2. The number of fused-ring (bicyclic) bond motifs is 1. The summed E-state index contributed by atoms with van der Waals surface area (Å²) >= 11 is 0. The Hall–Kier alpha value is -4.45. The molecule has 1 saturated heterocycles. The molecule has 2 N–H and O–H groups in total. The third-order valence-electron chi connectivity index (χ3n) is 5.87. The molecule has 8 nitrogen and oxygen atoms in total. The van der Waals surface area contributed by atoms with Crippen LogP contribution in [0.3, 0.4) is 0 Å². The van der Waals surface area contributed by atoms with Gasteiger partial charge in [-0.15, -0.1) is 0 Å². The van der Waals surface area contributed by atoms with Crippen LogP contribution in [0.4, 0.5) is 17.2 Å². The second-order valence-electron chi connectivity index (χ2n) is 8.52. The van der Waals surface area contributed by atoms with E-state index in [0.29, 0.717) is 37.9 Å². The first-order chi connectivity index (χ1) is 18.2. The Morgan fingerprint density at radius 3 is 2.57 bits per heavy atom. The van der Waals surface area contributed by atoms with Crippen molar-refractivity contribution in [3.05, 3.63) is 84.7 Å². The van der Waals surface area contributed by atoms with Gasteiger partial charge in [0.05, 0.1) is 25.3 Å². The highest BCUT2D eigenvalue weighted by molar-refractivity contribution is 6.05. The van der Waals surface area contributed by atoms with E-state index in [-0.39, 0.29) is 5.91 Å². The molecule has 0 atom stereocenters. The van der Waals surface area contributed by atoms with Crippen molar-refractivity contribution in [1.29, 1.82) is 0 Å². The van der Waals surface area contributed by atoms with Crippen molar-refractivity contribution in [3.63, 3.8) is 0 Å². The van der Waals surface area contributed by atoms with Crippen LogP contribution in [-0.2, 0) is 16.1 Å². The molecule has 1 aliphatic rings. The van der Waals surface area contributed by atoms with Gasteiger partial charge in [-0.2, -0.15) is 0 Å². The monoisotopic (exact) mass is 493 g/mol. The van der Waals surface area contributed by atoms with E-state index in [9.17, 15) is 4.79 Å². The van der Waals surface area contributed by atoms with Crippen molar-refractivity contribution in [2.75, 3.05) is 43.5 Å². The van der Waals surface area contributed by atoms with Gasteiger partial charge in [-0.05, 0) is 53.9 Å². The second-order valence-corrected chi connectivity index (χ2v) is 8.52. The fourth-order valence-corrected chi connectivity index (χ4v) is 3.90. The molecule has 4 aromatic rings. The Labute approximate surface area is 215 Å². The molecule has 0 radical (unpaired) electrons. The first kappa shape index (κ1) is 24.3. The number of benzene rings is 3. The molecule has 1 fully saturated rings. The Morgan fingerprint density at radius 1 is 0.973 bits per heavy atom. The van der Waals surface area contributed by atoms with Crippen LogP contribution >= 0.6 is 0 Å². The fourth-order valence-electron chi connectivity index (χ4n) is 3.90. The zero-order chi connectivity index (χ0) is 25.3. The predicted molar refractivity (Wildman–Crippen MR) is 144 cm³/mol. The van der Waals surface area contributed by atoms with Gasteiger partial charge in [0, 0.05) is 29.9 Å². The number of morpholine rings is 1. The Balaban J connectivity index is 1.23. The largest absolute Gasteiger partial charge is 0.489 e. The lowest BCUT2D eigenvalue weighted by Gasteiger charge is -2.24. The number of carbonyl (C=O) groups is 1. The lowest BCUT2D eigenvalue weighted by Crippen LogP contribution is -2.36. The van der Waals surface area contributed by atoms with Crippen LogP contribution in [0, 0.1) is 11.8 Å². The summed E-state index contributed by atoms with van der Waals surface area (Å²) in [5.41, 5.74) is 3.36. The third-order valence-corrected chi connectivity index (χ3v) is 5.87. The maximum absolute atomic E-state index is 12.4. The Bertz CT molecular complexity index is 1410. The van der Waals surface area contributed by atoms with E-state index in [0.717, 1.165) is 41.0 Å². The molecule has 1 amide bonds. The summed E-state index contributed by atoms with van der Waals surface area (Å²) in [5.74, 6) is 6.67. The first-order valence-corrected chi connectivity index (χ1v) is 12.1. The van der Waals surface area contributed by atoms with Crippen LogP contribution in [0.25, 0.3) is 10.9 Å². The Morgan fingerprint density at radius 2 is 1.76 bits per heavy atom. The number of rotatable bonds is 7. The topological polar surface area (TPSA) is 88.6 Å². The van der Waals surface area contributed by atoms with Crippen molar-refractivity contribution in [3.8, 4) is 17.6 Å². The second kappa shape index (κ2) is 12.0. The van der Waals surface area contributed by atoms with E-state index in [1.807, 2.05) is 66.7 Å². The van der Waals surface area contributed by atoms with E-state index >= 15 is 0 Å². The molecule has 2 heterocycles. The Kier molecular flexibility index (Phi) is 7.86. The van der Waals surface area contributed by atoms with Crippen molar-refractivity contribution in [2.45, 2.75) is 6.61 Å². The van der Waals surface area contributed by atoms with E-state index < -0.39 is 0 Å². The average molecular weight is 494 g/mol.